The van der Waals surface area contributed by atoms with Crippen molar-refractivity contribution in [2.75, 3.05) is 0 Å². The molecule has 0 radical (unpaired) electrons. The minimum atomic E-state index is -0.327. The number of aliphatic imine (C=N–C) groups is 2. The molecule has 5 heteroatoms. The molecule has 8 aromatic carbocycles. The molecule has 0 amide bonds. The van der Waals surface area contributed by atoms with Gasteiger partial charge in [0.2, 0.25) is 0 Å². The van der Waals surface area contributed by atoms with Gasteiger partial charge in [-0.15, -0.1) is 0 Å². The van der Waals surface area contributed by atoms with E-state index in [1.54, 1.807) is 0 Å². The van der Waals surface area contributed by atoms with E-state index in [0.717, 1.165) is 61.2 Å². The Kier molecular flexibility index (Phi) is 6.25. The number of amidine groups is 2. The quantitative estimate of drug-likeness (QED) is 0.203. The van der Waals surface area contributed by atoms with E-state index in [-0.39, 0.29) is 6.17 Å². The zero-order valence-electron chi connectivity index (χ0n) is 28.0. The summed E-state index contributed by atoms with van der Waals surface area (Å²) in [6.45, 7) is 0. The molecule has 0 fully saturated rings. The molecule has 1 aliphatic rings. The second-order valence-electron chi connectivity index (χ2n) is 13.5. The van der Waals surface area contributed by atoms with Gasteiger partial charge in [-0.2, -0.15) is 0 Å². The van der Waals surface area contributed by atoms with Gasteiger partial charge in [0.1, 0.15) is 17.6 Å². The average molecular weight is 667 g/mol. The van der Waals surface area contributed by atoms with Crippen LogP contribution in [0.4, 0.5) is 0 Å². The topological polar surface area (TPSA) is 54.8 Å². The van der Waals surface area contributed by atoms with E-state index in [2.05, 4.69) is 180 Å². The predicted molar refractivity (Wildman–Crippen MR) is 215 cm³/mol. The Morgan fingerprint density at radius 3 is 1.90 bits per heavy atom. The third-order valence-electron chi connectivity index (χ3n) is 10.4. The van der Waals surface area contributed by atoms with Crippen molar-refractivity contribution in [2.45, 2.75) is 6.17 Å². The molecular formula is C47H30N4O. The smallest absolute Gasteiger partial charge is 0.159 e. The summed E-state index contributed by atoms with van der Waals surface area (Å²) in [5.41, 5.74) is 7.95. The molecule has 10 aromatic rings. The Morgan fingerprint density at radius 2 is 1.13 bits per heavy atom. The second-order valence-corrected chi connectivity index (χ2v) is 13.5. The molecule has 0 aliphatic carbocycles. The van der Waals surface area contributed by atoms with Gasteiger partial charge < -0.3 is 14.3 Å². The third-order valence-corrected chi connectivity index (χ3v) is 10.4. The van der Waals surface area contributed by atoms with Crippen molar-refractivity contribution in [1.29, 1.82) is 0 Å². The number of furan rings is 1. The lowest BCUT2D eigenvalue weighted by Gasteiger charge is -2.24. The largest absolute Gasteiger partial charge is 0.454 e. The molecule has 244 valence electrons. The minimum absolute atomic E-state index is 0.327. The summed E-state index contributed by atoms with van der Waals surface area (Å²) < 4.78 is 9.14. The first-order chi connectivity index (χ1) is 25.7. The van der Waals surface area contributed by atoms with Gasteiger partial charge in [-0.3, -0.25) is 0 Å². The molecule has 3 heterocycles. The molecule has 1 N–H and O–H groups in total. The van der Waals surface area contributed by atoms with Gasteiger partial charge in [0, 0.05) is 32.7 Å². The highest BCUT2D eigenvalue weighted by atomic mass is 16.3. The number of aromatic nitrogens is 1. The summed E-state index contributed by atoms with van der Waals surface area (Å²) in [5.74, 6) is 1.44. The van der Waals surface area contributed by atoms with Crippen LogP contribution in [0, 0.1) is 0 Å². The molecule has 1 unspecified atom stereocenters. The lowest BCUT2D eigenvalue weighted by molar-refractivity contribution is 0.665. The predicted octanol–water partition coefficient (Wildman–Crippen LogP) is 11.5. The molecular weight excluding hydrogens is 637 g/mol. The standard InChI is InChI=1S/C47H30N4O/c1-3-12-31-26-33(22-20-29(31)10-1)45-48-46(34-23-21-30-11-2-4-13-32(30)27-34)50-47(49-45)35-24-25-38-39-16-9-19-42(44(39)52-43(38)28-35)51-40-17-7-5-14-36(40)37-15-6-8-18-41(37)51/h1-28,45H,(H,48,49,50). The number of hydrogen-bond acceptors (Lipinski definition) is 4. The Hall–Kier alpha value is -6.98. The van der Waals surface area contributed by atoms with E-state index in [0.29, 0.717) is 5.84 Å². The van der Waals surface area contributed by atoms with E-state index >= 15 is 0 Å². The molecule has 1 aliphatic heterocycles. The fourth-order valence-electron chi connectivity index (χ4n) is 7.89. The van der Waals surface area contributed by atoms with Crippen LogP contribution in [-0.4, -0.2) is 16.2 Å². The second kappa shape index (κ2) is 11.3. The fourth-order valence-corrected chi connectivity index (χ4v) is 7.89. The van der Waals surface area contributed by atoms with Gasteiger partial charge >= 0.3 is 0 Å². The Balaban J connectivity index is 1.08. The van der Waals surface area contributed by atoms with Gasteiger partial charge in [0.05, 0.1) is 16.7 Å². The van der Waals surface area contributed by atoms with Gasteiger partial charge in [-0.05, 0) is 69.6 Å². The number of rotatable bonds is 4. The van der Waals surface area contributed by atoms with Gasteiger partial charge in [-0.25, -0.2) is 9.98 Å². The maximum Gasteiger partial charge on any atom is 0.159 e. The van der Waals surface area contributed by atoms with E-state index in [4.69, 9.17) is 14.4 Å². The van der Waals surface area contributed by atoms with Crippen molar-refractivity contribution in [3.05, 3.63) is 187 Å². The van der Waals surface area contributed by atoms with Crippen LogP contribution < -0.4 is 5.32 Å². The number of hydrogen-bond donors (Lipinski definition) is 1. The van der Waals surface area contributed by atoms with Crippen LogP contribution in [0.3, 0.4) is 0 Å². The molecule has 5 nitrogen and oxygen atoms in total. The molecule has 0 saturated carbocycles. The Labute approximate surface area is 298 Å². The van der Waals surface area contributed by atoms with Crippen LogP contribution in [0.1, 0.15) is 22.9 Å². The number of fused-ring (bicyclic) bond motifs is 8. The molecule has 2 aromatic heterocycles. The first kappa shape index (κ1) is 28.8. The summed E-state index contributed by atoms with van der Waals surface area (Å²) in [5, 5.41) is 13.0. The van der Waals surface area contributed by atoms with Crippen LogP contribution in [-0.2, 0) is 0 Å². The summed E-state index contributed by atoms with van der Waals surface area (Å²) in [7, 11) is 0. The van der Waals surface area contributed by atoms with Crippen molar-refractivity contribution in [1.82, 2.24) is 9.88 Å². The molecule has 52 heavy (non-hydrogen) atoms. The van der Waals surface area contributed by atoms with E-state index < -0.39 is 0 Å². The monoisotopic (exact) mass is 666 g/mol. The van der Waals surface area contributed by atoms with Crippen molar-refractivity contribution in [3.63, 3.8) is 0 Å². The zero-order valence-corrected chi connectivity index (χ0v) is 28.0. The molecule has 0 saturated heterocycles. The third kappa shape index (κ3) is 4.49. The normalized spacial score (nSPS) is 14.7. The average Bonchev–Trinajstić information content (AvgIpc) is 3.76. The first-order valence-electron chi connectivity index (χ1n) is 17.6. The van der Waals surface area contributed by atoms with E-state index in [1.807, 2.05) is 0 Å². The highest BCUT2D eigenvalue weighted by Crippen LogP contribution is 2.38. The SMILES string of the molecule is c1ccc2cc(C3=NC(c4ccc5c(c4)oc4c(-n6c7ccccc7c7ccccc76)cccc45)=NC(c4ccc5ccccc5c4)N3)ccc2c1. The van der Waals surface area contributed by atoms with Gasteiger partial charge in [-0.1, -0.05) is 127 Å². The van der Waals surface area contributed by atoms with Crippen molar-refractivity contribution >= 4 is 77.0 Å². The lowest BCUT2D eigenvalue weighted by Crippen LogP contribution is -2.33. The summed E-state index contributed by atoms with van der Waals surface area (Å²) in [4.78, 5) is 10.4. The summed E-state index contributed by atoms with van der Waals surface area (Å²) in [6, 6.07) is 59.8. The van der Waals surface area contributed by atoms with Crippen LogP contribution >= 0.6 is 0 Å². The summed E-state index contributed by atoms with van der Waals surface area (Å²) >= 11 is 0. The molecule has 11 rings (SSSR count). The maximum atomic E-state index is 6.82. The van der Waals surface area contributed by atoms with E-state index in [1.165, 1.54) is 32.3 Å². The van der Waals surface area contributed by atoms with Crippen LogP contribution in [0.5, 0.6) is 0 Å². The fraction of sp³-hybridized carbons (Fsp3) is 0.0213. The highest BCUT2D eigenvalue weighted by molar-refractivity contribution is 6.16. The van der Waals surface area contributed by atoms with Crippen LogP contribution in [0.15, 0.2) is 184 Å². The summed E-state index contributed by atoms with van der Waals surface area (Å²) in [6.07, 6.45) is -0.327. The van der Waals surface area contributed by atoms with Crippen molar-refractivity contribution in [2.24, 2.45) is 9.98 Å². The van der Waals surface area contributed by atoms with Crippen LogP contribution in [0.25, 0.3) is 71.0 Å². The Morgan fingerprint density at radius 1 is 0.500 bits per heavy atom. The number of benzene rings is 8. The molecule has 0 spiro atoms. The number of para-hydroxylation sites is 3. The van der Waals surface area contributed by atoms with Gasteiger partial charge in [0.25, 0.3) is 0 Å². The molecule has 1 atom stereocenters. The first-order valence-corrected chi connectivity index (χ1v) is 17.6. The minimum Gasteiger partial charge on any atom is -0.454 e. The zero-order chi connectivity index (χ0) is 34.2. The molecule has 0 bridgehead atoms. The lowest BCUT2D eigenvalue weighted by atomic mass is 10.0. The van der Waals surface area contributed by atoms with Crippen LogP contribution in [0.2, 0.25) is 0 Å². The number of nitrogens with zero attached hydrogens (tertiary/aromatic N) is 3. The highest BCUT2D eigenvalue weighted by Gasteiger charge is 2.23. The van der Waals surface area contributed by atoms with E-state index in [9.17, 15) is 0 Å². The van der Waals surface area contributed by atoms with Crippen molar-refractivity contribution < 1.29 is 4.42 Å². The number of nitrogens with one attached hydrogen (secondary N) is 1. The maximum absolute atomic E-state index is 6.82. The van der Waals surface area contributed by atoms with Gasteiger partial charge in [0.15, 0.2) is 11.4 Å². The Bertz CT molecular complexity index is 3070. The van der Waals surface area contributed by atoms with Crippen molar-refractivity contribution in [3.8, 4) is 5.69 Å².